The van der Waals surface area contributed by atoms with Gasteiger partial charge in [0.1, 0.15) is 11.6 Å². The van der Waals surface area contributed by atoms with E-state index in [1.807, 2.05) is 39.3 Å². The molecule has 0 aliphatic rings. The normalized spacial score (nSPS) is 12.4. The standard InChI is InChI=1S/C14H24N6O/c1-9(2)12-16-15-11(18(12)7)8-19-10(3)17-20(13(19)21)14(4,5)6/h9H,8H2,1-7H3. The first-order valence-corrected chi connectivity index (χ1v) is 7.18. The Kier molecular flexibility index (Phi) is 3.78. The molecule has 2 aromatic rings. The van der Waals surface area contributed by atoms with Crippen LogP contribution in [0.1, 0.15) is 58.0 Å². The zero-order chi connectivity index (χ0) is 15.9. The summed E-state index contributed by atoms with van der Waals surface area (Å²) in [4.78, 5) is 12.5. The second kappa shape index (κ2) is 5.13. The smallest absolute Gasteiger partial charge is 0.316 e. The van der Waals surface area contributed by atoms with Crippen LogP contribution in [-0.4, -0.2) is 29.1 Å². The van der Waals surface area contributed by atoms with E-state index in [2.05, 4.69) is 29.1 Å². The highest BCUT2D eigenvalue weighted by Gasteiger charge is 2.22. The second-order valence-electron chi connectivity index (χ2n) is 6.69. The first-order valence-electron chi connectivity index (χ1n) is 7.18. The van der Waals surface area contributed by atoms with Crippen LogP contribution < -0.4 is 5.69 Å². The summed E-state index contributed by atoms with van der Waals surface area (Å²) < 4.78 is 5.10. The van der Waals surface area contributed by atoms with E-state index in [1.54, 1.807) is 4.57 Å². The number of rotatable bonds is 3. The van der Waals surface area contributed by atoms with Crippen LogP contribution in [0.3, 0.4) is 0 Å². The molecule has 0 aliphatic heterocycles. The van der Waals surface area contributed by atoms with Gasteiger partial charge in [0.25, 0.3) is 0 Å². The van der Waals surface area contributed by atoms with E-state index in [0.29, 0.717) is 18.3 Å². The Morgan fingerprint density at radius 2 is 1.81 bits per heavy atom. The molecular weight excluding hydrogens is 268 g/mol. The van der Waals surface area contributed by atoms with Crippen LogP contribution in [0, 0.1) is 6.92 Å². The molecule has 2 aromatic heterocycles. The van der Waals surface area contributed by atoms with Crippen LogP contribution in [0.5, 0.6) is 0 Å². The molecule has 0 saturated heterocycles. The maximum Gasteiger partial charge on any atom is 0.346 e. The third-order valence-corrected chi connectivity index (χ3v) is 3.50. The third-order valence-electron chi connectivity index (χ3n) is 3.50. The first-order chi connectivity index (χ1) is 9.62. The van der Waals surface area contributed by atoms with Gasteiger partial charge < -0.3 is 4.57 Å². The van der Waals surface area contributed by atoms with Crippen molar-refractivity contribution in [2.24, 2.45) is 7.05 Å². The Balaban J connectivity index is 2.42. The topological polar surface area (TPSA) is 70.5 Å². The highest BCUT2D eigenvalue weighted by atomic mass is 16.2. The van der Waals surface area contributed by atoms with E-state index in [9.17, 15) is 4.79 Å². The highest BCUT2D eigenvalue weighted by Crippen LogP contribution is 2.13. The summed E-state index contributed by atoms with van der Waals surface area (Å²) in [7, 11) is 1.93. The fourth-order valence-corrected chi connectivity index (χ4v) is 2.27. The Morgan fingerprint density at radius 1 is 1.19 bits per heavy atom. The van der Waals surface area contributed by atoms with Crippen LogP contribution in [0.15, 0.2) is 4.79 Å². The Bertz CT molecular complexity index is 698. The van der Waals surface area contributed by atoms with Crippen LogP contribution in [-0.2, 0) is 19.1 Å². The molecule has 0 unspecified atom stereocenters. The molecule has 2 rings (SSSR count). The third kappa shape index (κ3) is 2.77. The molecule has 0 radical (unpaired) electrons. The molecule has 0 spiro atoms. The van der Waals surface area contributed by atoms with E-state index in [1.165, 1.54) is 4.68 Å². The summed E-state index contributed by atoms with van der Waals surface area (Å²) in [5.41, 5.74) is -0.454. The van der Waals surface area contributed by atoms with Gasteiger partial charge in [-0.1, -0.05) is 13.8 Å². The van der Waals surface area contributed by atoms with Crippen molar-refractivity contribution < 1.29 is 0 Å². The summed E-state index contributed by atoms with van der Waals surface area (Å²) in [5.74, 6) is 2.66. The van der Waals surface area contributed by atoms with Gasteiger partial charge >= 0.3 is 5.69 Å². The molecule has 0 aliphatic carbocycles. The molecule has 2 heterocycles. The van der Waals surface area contributed by atoms with Gasteiger partial charge in [0, 0.05) is 13.0 Å². The van der Waals surface area contributed by atoms with E-state index in [4.69, 9.17) is 0 Å². The van der Waals surface area contributed by atoms with Crippen LogP contribution in [0.2, 0.25) is 0 Å². The summed E-state index contributed by atoms with van der Waals surface area (Å²) in [6, 6.07) is 0. The lowest BCUT2D eigenvalue weighted by atomic mass is 10.1. The van der Waals surface area contributed by atoms with Crippen molar-refractivity contribution in [1.82, 2.24) is 29.1 Å². The van der Waals surface area contributed by atoms with Gasteiger partial charge in [-0.15, -0.1) is 10.2 Å². The Labute approximate surface area is 124 Å². The molecule has 0 atom stereocenters. The minimum atomic E-state index is -0.337. The molecule has 21 heavy (non-hydrogen) atoms. The maximum absolute atomic E-state index is 12.5. The molecule has 0 fully saturated rings. The Hall–Kier alpha value is -1.92. The van der Waals surface area contributed by atoms with Gasteiger partial charge in [-0.25, -0.2) is 9.48 Å². The predicted octanol–water partition coefficient (Wildman–Crippen LogP) is 1.41. The number of hydrogen-bond donors (Lipinski definition) is 0. The van der Waals surface area contributed by atoms with Crippen LogP contribution in [0.25, 0.3) is 0 Å². The van der Waals surface area contributed by atoms with Crippen molar-refractivity contribution in [3.05, 3.63) is 28.0 Å². The lowest BCUT2D eigenvalue weighted by Gasteiger charge is -2.16. The van der Waals surface area contributed by atoms with Crippen LogP contribution in [0.4, 0.5) is 0 Å². The molecule has 116 valence electrons. The van der Waals surface area contributed by atoms with Crippen molar-refractivity contribution in [3.63, 3.8) is 0 Å². The van der Waals surface area contributed by atoms with Gasteiger partial charge in [-0.05, 0) is 27.7 Å². The van der Waals surface area contributed by atoms with Crippen LogP contribution >= 0.6 is 0 Å². The number of nitrogens with zero attached hydrogens (tertiary/aromatic N) is 6. The summed E-state index contributed by atoms with van der Waals surface area (Å²) in [5, 5.41) is 12.8. The molecular formula is C14H24N6O. The zero-order valence-corrected chi connectivity index (χ0v) is 13.9. The number of hydrogen-bond acceptors (Lipinski definition) is 4. The zero-order valence-electron chi connectivity index (χ0n) is 13.9. The van der Waals surface area contributed by atoms with E-state index in [0.717, 1.165) is 11.6 Å². The minimum absolute atomic E-state index is 0.117. The molecule has 0 saturated carbocycles. The summed E-state index contributed by atoms with van der Waals surface area (Å²) in [6.45, 7) is 12.3. The fraction of sp³-hybridized carbons (Fsp3) is 0.714. The molecule has 0 aromatic carbocycles. The molecule has 7 heteroatoms. The maximum atomic E-state index is 12.5. The number of aryl methyl sites for hydroxylation is 1. The van der Waals surface area contributed by atoms with E-state index >= 15 is 0 Å². The van der Waals surface area contributed by atoms with E-state index in [-0.39, 0.29) is 11.2 Å². The highest BCUT2D eigenvalue weighted by molar-refractivity contribution is 5.01. The van der Waals surface area contributed by atoms with Crippen molar-refractivity contribution in [2.75, 3.05) is 0 Å². The largest absolute Gasteiger partial charge is 0.346 e. The summed E-state index contributed by atoms with van der Waals surface area (Å²) >= 11 is 0. The van der Waals surface area contributed by atoms with Gasteiger partial charge in [-0.2, -0.15) is 5.10 Å². The number of aromatic nitrogens is 6. The minimum Gasteiger partial charge on any atom is -0.316 e. The lowest BCUT2D eigenvalue weighted by molar-refractivity contribution is 0.340. The quantitative estimate of drug-likeness (QED) is 0.857. The Morgan fingerprint density at radius 3 is 2.24 bits per heavy atom. The van der Waals surface area contributed by atoms with Crippen molar-refractivity contribution in [2.45, 2.75) is 59.5 Å². The average molecular weight is 292 g/mol. The average Bonchev–Trinajstić information content (AvgIpc) is 2.84. The predicted molar refractivity (Wildman–Crippen MR) is 80.4 cm³/mol. The van der Waals surface area contributed by atoms with Crippen molar-refractivity contribution >= 4 is 0 Å². The molecule has 0 amide bonds. The van der Waals surface area contributed by atoms with Crippen molar-refractivity contribution in [1.29, 1.82) is 0 Å². The van der Waals surface area contributed by atoms with Gasteiger partial charge in [0.05, 0.1) is 12.1 Å². The molecule has 0 N–H and O–H groups in total. The van der Waals surface area contributed by atoms with Crippen molar-refractivity contribution in [3.8, 4) is 0 Å². The van der Waals surface area contributed by atoms with Gasteiger partial charge in [0.15, 0.2) is 5.82 Å². The first kappa shape index (κ1) is 15.5. The van der Waals surface area contributed by atoms with Gasteiger partial charge in [0.2, 0.25) is 0 Å². The van der Waals surface area contributed by atoms with E-state index < -0.39 is 0 Å². The molecule has 0 bridgehead atoms. The molecule has 7 nitrogen and oxygen atoms in total. The SMILES string of the molecule is Cc1nn(C(C)(C)C)c(=O)n1Cc1nnc(C(C)C)n1C. The summed E-state index contributed by atoms with van der Waals surface area (Å²) in [6.07, 6.45) is 0. The second-order valence-corrected chi connectivity index (χ2v) is 6.69. The van der Waals surface area contributed by atoms with Gasteiger partial charge in [-0.3, -0.25) is 4.57 Å². The monoisotopic (exact) mass is 292 g/mol. The fourth-order valence-electron chi connectivity index (χ4n) is 2.27. The lowest BCUT2D eigenvalue weighted by Crippen LogP contribution is -2.36.